The van der Waals surface area contributed by atoms with Gasteiger partial charge < -0.3 is 14.7 Å². The predicted octanol–water partition coefficient (Wildman–Crippen LogP) is 3.73. The summed E-state index contributed by atoms with van der Waals surface area (Å²) in [5.74, 6) is 0.916. The van der Waals surface area contributed by atoms with Gasteiger partial charge in [0.05, 0.1) is 6.10 Å². The molecular weight excluding hydrogens is 357 g/mol. The molecule has 2 aromatic carbocycles. The quantitative estimate of drug-likeness (QED) is 0.879. The number of aliphatic hydroxyl groups excluding tert-OH is 1. The van der Waals surface area contributed by atoms with Crippen LogP contribution in [0.2, 0.25) is 0 Å². The Morgan fingerprint density at radius 2 is 1.75 bits per heavy atom. The van der Waals surface area contributed by atoms with Crippen LogP contribution in [-0.4, -0.2) is 41.2 Å². The van der Waals surface area contributed by atoms with Crippen molar-refractivity contribution in [1.29, 1.82) is 0 Å². The summed E-state index contributed by atoms with van der Waals surface area (Å²) in [4.78, 5) is 15.0. The van der Waals surface area contributed by atoms with Gasteiger partial charge in [0.2, 0.25) is 0 Å². The molecule has 148 valence electrons. The number of hydrogen-bond donors (Lipinski definition) is 1. The Morgan fingerprint density at radius 3 is 2.46 bits per heavy atom. The molecule has 1 N–H and O–H groups in total. The van der Waals surface area contributed by atoms with Crippen LogP contribution in [0.5, 0.6) is 5.75 Å². The molecule has 0 unspecified atom stereocenters. The highest BCUT2D eigenvalue weighted by Crippen LogP contribution is 2.38. The summed E-state index contributed by atoms with van der Waals surface area (Å²) in [7, 11) is 0. The third-order valence-corrected chi connectivity index (χ3v) is 6.10. The van der Waals surface area contributed by atoms with Crippen LogP contribution in [0.1, 0.15) is 34.3 Å². The van der Waals surface area contributed by atoms with E-state index in [2.05, 4.69) is 0 Å². The highest BCUT2D eigenvalue weighted by molar-refractivity contribution is 5.96. The van der Waals surface area contributed by atoms with E-state index in [1.54, 1.807) is 12.1 Å². The monoisotopic (exact) mass is 383 g/mol. The maximum Gasteiger partial charge on any atom is 0.254 e. The molecular formula is C23H26FNO3. The molecule has 1 saturated heterocycles. The van der Waals surface area contributed by atoms with Crippen molar-refractivity contribution in [1.82, 2.24) is 4.90 Å². The molecule has 0 spiro atoms. The number of ether oxygens (including phenoxy) is 1. The van der Waals surface area contributed by atoms with Crippen LogP contribution in [0, 0.1) is 31.5 Å². The van der Waals surface area contributed by atoms with Gasteiger partial charge in [-0.15, -0.1) is 0 Å². The van der Waals surface area contributed by atoms with Crippen LogP contribution in [0.15, 0.2) is 42.5 Å². The van der Waals surface area contributed by atoms with Crippen molar-refractivity contribution >= 4 is 5.91 Å². The zero-order valence-electron chi connectivity index (χ0n) is 16.3. The minimum Gasteiger partial charge on any atom is -0.488 e. The van der Waals surface area contributed by atoms with E-state index in [1.165, 1.54) is 12.1 Å². The molecule has 2 fully saturated rings. The number of carbonyl (C=O) groups is 1. The first-order valence-corrected chi connectivity index (χ1v) is 9.87. The molecule has 4 rings (SSSR count). The van der Waals surface area contributed by atoms with Crippen LogP contribution >= 0.6 is 0 Å². The van der Waals surface area contributed by atoms with Gasteiger partial charge in [-0.05, 0) is 74.4 Å². The third-order valence-electron chi connectivity index (χ3n) is 6.10. The Labute approximate surface area is 164 Å². The number of rotatable bonds is 3. The molecule has 1 aliphatic heterocycles. The maximum atomic E-state index is 13.1. The summed E-state index contributed by atoms with van der Waals surface area (Å²) >= 11 is 0. The van der Waals surface area contributed by atoms with E-state index in [9.17, 15) is 14.3 Å². The maximum absolute atomic E-state index is 13.1. The number of carbonyl (C=O) groups excluding carboxylic acids is 1. The average molecular weight is 383 g/mol. The zero-order valence-corrected chi connectivity index (χ0v) is 16.3. The average Bonchev–Trinajstić information content (AvgIpc) is 3.08. The molecule has 1 saturated carbocycles. The Kier molecular flexibility index (Phi) is 5.11. The molecule has 1 aliphatic carbocycles. The molecule has 5 heteroatoms. The molecule has 1 heterocycles. The van der Waals surface area contributed by atoms with Gasteiger partial charge in [0.25, 0.3) is 5.91 Å². The van der Waals surface area contributed by atoms with Gasteiger partial charge in [0.15, 0.2) is 0 Å². The normalized spacial score (nSPS) is 26.8. The van der Waals surface area contributed by atoms with Crippen LogP contribution in [0.3, 0.4) is 0 Å². The summed E-state index contributed by atoms with van der Waals surface area (Å²) in [5.41, 5.74) is 2.83. The summed E-state index contributed by atoms with van der Waals surface area (Å²) in [5, 5.41) is 10.6. The van der Waals surface area contributed by atoms with E-state index in [4.69, 9.17) is 4.74 Å². The third kappa shape index (κ3) is 3.76. The van der Waals surface area contributed by atoms with Crippen LogP contribution in [0.4, 0.5) is 4.39 Å². The Morgan fingerprint density at radius 1 is 1.07 bits per heavy atom. The first kappa shape index (κ1) is 18.9. The van der Waals surface area contributed by atoms with Gasteiger partial charge >= 0.3 is 0 Å². The molecule has 2 aliphatic rings. The second-order valence-electron chi connectivity index (χ2n) is 8.20. The SMILES string of the molecule is Cc1ccc(C)c(C(=O)N2C[C@H]3C[C@@H](Oc4ccc(F)cc4)[C@H](O)C[C@H]3C2)c1. The summed E-state index contributed by atoms with van der Waals surface area (Å²) in [6.45, 7) is 5.32. The van der Waals surface area contributed by atoms with Gasteiger partial charge in [-0.2, -0.15) is 0 Å². The highest BCUT2D eigenvalue weighted by atomic mass is 19.1. The fourth-order valence-electron chi connectivity index (χ4n) is 4.51. The first-order chi connectivity index (χ1) is 13.4. The second-order valence-corrected chi connectivity index (χ2v) is 8.20. The van der Waals surface area contributed by atoms with Crippen molar-refractivity contribution in [2.45, 2.75) is 38.9 Å². The number of aliphatic hydroxyl groups is 1. The highest BCUT2D eigenvalue weighted by Gasteiger charge is 2.44. The molecule has 28 heavy (non-hydrogen) atoms. The number of nitrogens with zero attached hydrogens (tertiary/aromatic N) is 1. The van der Waals surface area contributed by atoms with Gasteiger partial charge in [0.1, 0.15) is 17.7 Å². The standard InChI is InChI=1S/C23H26FNO3/c1-14-3-4-15(2)20(9-14)23(27)25-12-16-10-21(26)22(11-17(16)13-25)28-19-7-5-18(24)6-8-19/h3-9,16-17,21-22,26H,10-13H2,1-2H3/t16-,17+,21+,22+/m0/s1. The largest absolute Gasteiger partial charge is 0.488 e. The number of aryl methyl sites for hydroxylation is 2. The van der Waals surface area contributed by atoms with E-state index in [0.717, 1.165) is 16.7 Å². The Hall–Kier alpha value is -2.40. The lowest BCUT2D eigenvalue weighted by molar-refractivity contribution is -0.0231. The Balaban J connectivity index is 1.44. The zero-order chi connectivity index (χ0) is 19.8. The molecule has 0 radical (unpaired) electrons. The summed E-state index contributed by atoms with van der Waals surface area (Å²) < 4.78 is 19.0. The van der Waals surface area contributed by atoms with Crippen molar-refractivity contribution in [3.8, 4) is 5.75 Å². The molecule has 0 bridgehead atoms. The van der Waals surface area contributed by atoms with E-state index in [0.29, 0.717) is 37.6 Å². The first-order valence-electron chi connectivity index (χ1n) is 9.87. The number of benzene rings is 2. The minimum atomic E-state index is -0.581. The van der Waals surface area contributed by atoms with Crippen molar-refractivity contribution in [2.75, 3.05) is 13.1 Å². The van der Waals surface area contributed by atoms with Crippen molar-refractivity contribution in [2.24, 2.45) is 11.8 Å². The number of hydrogen-bond acceptors (Lipinski definition) is 3. The topological polar surface area (TPSA) is 49.8 Å². The lowest BCUT2D eigenvalue weighted by atomic mass is 9.78. The molecule has 4 atom stereocenters. The number of fused-ring (bicyclic) bond motifs is 1. The van der Waals surface area contributed by atoms with Crippen molar-refractivity contribution in [3.63, 3.8) is 0 Å². The minimum absolute atomic E-state index is 0.0705. The van der Waals surface area contributed by atoms with Crippen LogP contribution in [-0.2, 0) is 0 Å². The Bertz CT molecular complexity index is 867. The fraction of sp³-hybridized carbons (Fsp3) is 0.435. The van der Waals surface area contributed by atoms with Crippen molar-refractivity contribution in [3.05, 3.63) is 65.0 Å². The second kappa shape index (κ2) is 7.55. The molecule has 2 aromatic rings. The smallest absolute Gasteiger partial charge is 0.254 e. The van der Waals surface area contributed by atoms with Gasteiger partial charge in [0, 0.05) is 18.7 Å². The lowest BCUT2D eigenvalue weighted by Gasteiger charge is -2.35. The number of likely N-dealkylation sites (tertiary alicyclic amines) is 1. The molecule has 4 nitrogen and oxygen atoms in total. The summed E-state index contributed by atoms with van der Waals surface area (Å²) in [6.07, 6.45) is 0.400. The molecule has 0 aromatic heterocycles. The summed E-state index contributed by atoms with van der Waals surface area (Å²) in [6, 6.07) is 11.8. The van der Waals surface area contributed by atoms with Crippen LogP contribution < -0.4 is 4.74 Å². The van der Waals surface area contributed by atoms with Gasteiger partial charge in [-0.25, -0.2) is 4.39 Å². The van der Waals surface area contributed by atoms with E-state index < -0.39 is 6.10 Å². The van der Waals surface area contributed by atoms with Gasteiger partial charge in [-0.1, -0.05) is 17.7 Å². The van der Waals surface area contributed by atoms with Crippen molar-refractivity contribution < 1.29 is 19.0 Å². The van der Waals surface area contributed by atoms with E-state index in [-0.39, 0.29) is 23.7 Å². The number of amides is 1. The van der Waals surface area contributed by atoms with E-state index in [1.807, 2.05) is 36.9 Å². The van der Waals surface area contributed by atoms with Gasteiger partial charge in [-0.3, -0.25) is 4.79 Å². The molecule has 1 amide bonds. The van der Waals surface area contributed by atoms with E-state index >= 15 is 0 Å². The van der Waals surface area contributed by atoms with Crippen LogP contribution in [0.25, 0.3) is 0 Å². The fourth-order valence-corrected chi connectivity index (χ4v) is 4.51. The predicted molar refractivity (Wildman–Crippen MR) is 105 cm³/mol. The number of halogens is 1. The lowest BCUT2D eigenvalue weighted by Crippen LogP contribution is -2.42.